The molecule has 2 heterocycles. The molecule has 0 saturated carbocycles. The van der Waals surface area contributed by atoms with Crippen LogP contribution in [0.1, 0.15) is 17.0 Å². The molecule has 1 aromatic carbocycles. The maximum Gasteiger partial charge on any atom is 0.451 e. The Morgan fingerprint density at radius 1 is 1.14 bits per heavy atom. The molecule has 108 valence electrons. The summed E-state index contributed by atoms with van der Waals surface area (Å²) in [6.45, 7) is 0.428. The van der Waals surface area contributed by atoms with Gasteiger partial charge >= 0.3 is 6.18 Å². The minimum Gasteiger partial charge on any atom is -0.328 e. The van der Waals surface area contributed by atoms with Crippen LogP contribution in [0.4, 0.5) is 19.0 Å². The molecule has 1 aliphatic rings. The molecule has 0 amide bonds. The number of aromatic nitrogens is 2. The Labute approximate surface area is 123 Å². The van der Waals surface area contributed by atoms with E-state index in [9.17, 15) is 13.2 Å². The van der Waals surface area contributed by atoms with E-state index in [0.29, 0.717) is 6.54 Å². The first-order valence-electron chi connectivity index (χ1n) is 6.08. The molecule has 0 aliphatic carbocycles. The van der Waals surface area contributed by atoms with Gasteiger partial charge in [0.15, 0.2) is 0 Å². The van der Waals surface area contributed by atoms with Gasteiger partial charge in [-0.25, -0.2) is 9.97 Å². The van der Waals surface area contributed by atoms with Crippen LogP contribution < -0.4 is 4.90 Å². The van der Waals surface area contributed by atoms with Crippen LogP contribution in [-0.4, -0.2) is 9.97 Å². The van der Waals surface area contributed by atoms with Crippen molar-refractivity contribution >= 4 is 23.5 Å². The van der Waals surface area contributed by atoms with Crippen molar-refractivity contribution in [1.82, 2.24) is 9.97 Å². The highest BCUT2D eigenvalue weighted by Crippen LogP contribution is 2.31. The number of rotatable bonds is 1. The Hall–Kier alpha value is -2.08. The molecule has 0 N–H and O–H groups in total. The first-order valence-corrected chi connectivity index (χ1v) is 6.46. The molecule has 0 atom stereocenters. The molecule has 0 fully saturated rings. The predicted molar refractivity (Wildman–Crippen MR) is 73.7 cm³/mol. The maximum absolute atomic E-state index is 12.7. The third-order valence-electron chi connectivity index (χ3n) is 3.06. The Bertz CT molecular complexity index is 713. The van der Waals surface area contributed by atoms with Gasteiger partial charge in [-0.15, -0.1) is 0 Å². The van der Waals surface area contributed by atoms with E-state index in [1.54, 1.807) is 11.1 Å². The number of halogens is 4. The van der Waals surface area contributed by atoms with Crippen LogP contribution >= 0.6 is 11.6 Å². The fourth-order valence-corrected chi connectivity index (χ4v) is 2.26. The second-order valence-corrected chi connectivity index (χ2v) is 4.90. The van der Waals surface area contributed by atoms with E-state index in [1.165, 1.54) is 6.07 Å². The maximum atomic E-state index is 12.7. The van der Waals surface area contributed by atoms with E-state index in [-0.39, 0.29) is 11.0 Å². The van der Waals surface area contributed by atoms with Crippen LogP contribution in [-0.2, 0) is 12.7 Å². The summed E-state index contributed by atoms with van der Waals surface area (Å²) >= 11 is 5.67. The van der Waals surface area contributed by atoms with Gasteiger partial charge in [-0.2, -0.15) is 13.2 Å². The molecule has 1 aliphatic heterocycles. The molecule has 1 aromatic heterocycles. The lowest BCUT2D eigenvalue weighted by Gasteiger charge is -2.24. The second-order valence-electron chi connectivity index (χ2n) is 4.51. The summed E-state index contributed by atoms with van der Waals surface area (Å²) in [5.41, 5.74) is 2.04. The van der Waals surface area contributed by atoms with Crippen molar-refractivity contribution in [3.63, 3.8) is 0 Å². The molecule has 0 saturated heterocycles. The minimum absolute atomic E-state index is 0.119. The van der Waals surface area contributed by atoms with E-state index < -0.39 is 12.0 Å². The first-order chi connectivity index (χ1) is 9.93. The zero-order valence-electron chi connectivity index (χ0n) is 10.6. The number of alkyl halides is 3. The predicted octanol–water partition coefficient (Wildman–Crippen LogP) is 4.14. The van der Waals surface area contributed by atoms with Crippen molar-refractivity contribution in [2.45, 2.75) is 12.7 Å². The molecular formula is C14H9ClF3N3. The van der Waals surface area contributed by atoms with Gasteiger partial charge in [0.05, 0.1) is 0 Å². The number of hydrogen-bond acceptors (Lipinski definition) is 3. The second kappa shape index (κ2) is 5.04. The van der Waals surface area contributed by atoms with Crippen LogP contribution in [0.15, 0.2) is 36.5 Å². The molecule has 0 unspecified atom stereocenters. The molecule has 3 rings (SSSR count). The summed E-state index contributed by atoms with van der Waals surface area (Å²) in [6, 6.07) is 8.96. The van der Waals surface area contributed by atoms with Crippen molar-refractivity contribution in [3.05, 3.63) is 58.6 Å². The number of fused-ring (bicyclic) bond motifs is 1. The lowest BCUT2D eigenvalue weighted by molar-refractivity contribution is -0.144. The van der Waals surface area contributed by atoms with Crippen LogP contribution in [0, 0.1) is 0 Å². The Morgan fingerprint density at radius 3 is 2.67 bits per heavy atom. The highest BCUT2D eigenvalue weighted by molar-refractivity contribution is 6.29. The minimum atomic E-state index is -4.63. The summed E-state index contributed by atoms with van der Waals surface area (Å²) in [5.74, 6) is -1.12. The SMILES string of the molecule is FC(F)(F)c1nc(Cl)cc(N2C=Cc3ccccc3C2)n1. The van der Waals surface area contributed by atoms with E-state index in [1.807, 2.05) is 30.3 Å². The van der Waals surface area contributed by atoms with Crippen molar-refractivity contribution in [2.75, 3.05) is 4.90 Å². The van der Waals surface area contributed by atoms with Gasteiger partial charge in [0, 0.05) is 18.8 Å². The molecule has 0 radical (unpaired) electrons. The third kappa shape index (κ3) is 2.85. The molecule has 0 bridgehead atoms. The number of hydrogen-bond donors (Lipinski definition) is 0. The van der Waals surface area contributed by atoms with Gasteiger partial charge in [-0.1, -0.05) is 35.9 Å². The van der Waals surface area contributed by atoms with Crippen LogP contribution in [0.3, 0.4) is 0 Å². The summed E-state index contributed by atoms with van der Waals surface area (Å²) in [4.78, 5) is 8.38. The van der Waals surface area contributed by atoms with Gasteiger partial charge in [0.2, 0.25) is 5.82 Å². The number of nitrogens with zero attached hydrogens (tertiary/aromatic N) is 3. The van der Waals surface area contributed by atoms with Crippen molar-refractivity contribution < 1.29 is 13.2 Å². The molecule has 0 spiro atoms. The normalized spacial score (nSPS) is 14.2. The Morgan fingerprint density at radius 2 is 1.90 bits per heavy atom. The summed E-state index contributed by atoms with van der Waals surface area (Å²) < 4.78 is 38.2. The quantitative estimate of drug-likeness (QED) is 0.741. The highest BCUT2D eigenvalue weighted by Gasteiger charge is 2.35. The Balaban J connectivity index is 1.98. The standard InChI is InChI=1S/C14H9ClF3N3/c15-11-7-12(20-13(19-11)14(16,17)18)21-6-5-9-3-1-2-4-10(9)8-21/h1-7H,8H2. The highest BCUT2D eigenvalue weighted by atomic mass is 35.5. The fourth-order valence-electron chi connectivity index (χ4n) is 2.08. The first kappa shape index (κ1) is 13.9. The molecule has 21 heavy (non-hydrogen) atoms. The zero-order chi connectivity index (χ0) is 15.0. The molecule has 2 aromatic rings. The van der Waals surface area contributed by atoms with Gasteiger partial charge < -0.3 is 4.90 Å². The molecule has 3 nitrogen and oxygen atoms in total. The van der Waals surface area contributed by atoms with Gasteiger partial charge in [0.25, 0.3) is 0 Å². The van der Waals surface area contributed by atoms with Crippen LogP contribution in [0.5, 0.6) is 0 Å². The van der Waals surface area contributed by atoms with E-state index in [0.717, 1.165) is 11.1 Å². The summed E-state index contributed by atoms with van der Waals surface area (Å²) in [7, 11) is 0. The molecule has 7 heteroatoms. The van der Waals surface area contributed by atoms with E-state index in [2.05, 4.69) is 9.97 Å². The molecular weight excluding hydrogens is 303 g/mol. The topological polar surface area (TPSA) is 29.0 Å². The number of anilines is 1. The monoisotopic (exact) mass is 311 g/mol. The lowest BCUT2D eigenvalue weighted by atomic mass is 10.0. The van der Waals surface area contributed by atoms with Crippen LogP contribution in [0.2, 0.25) is 5.15 Å². The van der Waals surface area contributed by atoms with E-state index >= 15 is 0 Å². The average Bonchev–Trinajstić information content (AvgIpc) is 2.45. The average molecular weight is 312 g/mol. The Kier molecular flexibility index (Phi) is 3.33. The van der Waals surface area contributed by atoms with Crippen molar-refractivity contribution in [2.24, 2.45) is 0 Å². The smallest absolute Gasteiger partial charge is 0.328 e. The fraction of sp³-hybridized carbons (Fsp3) is 0.143. The number of benzene rings is 1. The van der Waals surface area contributed by atoms with Gasteiger partial charge in [-0.3, -0.25) is 0 Å². The van der Waals surface area contributed by atoms with Crippen molar-refractivity contribution in [1.29, 1.82) is 0 Å². The zero-order valence-corrected chi connectivity index (χ0v) is 11.4. The van der Waals surface area contributed by atoms with Crippen LogP contribution in [0.25, 0.3) is 6.08 Å². The van der Waals surface area contributed by atoms with Gasteiger partial charge in [-0.05, 0) is 17.2 Å². The van der Waals surface area contributed by atoms with E-state index in [4.69, 9.17) is 11.6 Å². The van der Waals surface area contributed by atoms with Crippen molar-refractivity contribution in [3.8, 4) is 0 Å². The summed E-state index contributed by atoms with van der Waals surface area (Å²) in [5, 5.41) is -0.236. The van der Waals surface area contributed by atoms with Gasteiger partial charge in [0.1, 0.15) is 11.0 Å². The largest absolute Gasteiger partial charge is 0.451 e. The third-order valence-corrected chi connectivity index (χ3v) is 3.25. The lowest BCUT2D eigenvalue weighted by Crippen LogP contribution is -2.22. The summed E-state index contributed by atoms with van der Waals surface area (Å²) in [6.07, 6.45) is -1.12.